The van der Waals surface area contributed by atoms with Gasteiger partial charge in [-0.25, -0.2) is 18.4 Å². The topological polar surface area (TPSA) is 96.5 Å². The first kappa shape index (κ1) is 30.3. The summed E-state index contributed by atoms with van der Waals surface area (Å²) < 4.78 is 110. The first-order chi connectivity index (χ1) is 21.0. The van der Waals surface area contributed by atoms with Crippen LogP contribution in [-0.2, 0) is 16.0 Å². The Bertz CT molecular complexity index is 2070. The van der Waals surface area contributed by atoms with Gasteiger partial charge in [0, 0.05) is 29.5 Å². The van der Waals surface area contributed by atoms with Crippen LogP contribution in [0.4, 0.5) is 22.0 Å². The van der Waals surface area contributed by atoms with Crippen molar-refractivity contribution in [2.75, 3.05) is 6.26 Å². The van der Waals surface area contributed by atoms with Crippen molar-refractivity contribution in [1.82, 2.24) is 14.5 Å². The normalized spacial score (nSPS) is 14.4. The lowest BCUT2D eigenvalue weighted by Gasteiger charge is -2.14. The Kier molecular flexibility index (Phi) is 7.03. The average molecular weight is 646 g/mol. The molecule has 2 aromatic heterocycles. The zero-order chi connectivity index (χ0) is 32.5. The third-order valence-electron chi connectivity index (χ3n) is 7.08. The molecule has 0 unspecified atom stereocenters. The van der Waals surface area contributed by atoms with Crippen molar-refractivity contribution in [2.24, 2.45) is 0 Å². The van der Waals surface area contributed by atoms with Crippen molar-refractivity contribution in [3.05, 3.63) is 84.3 Å². The van der Waals surface area contributed by atoms with Gasteiger partial charge in [0.25, 0.3) is 0 Å². The Hall–Kier alpha value is -4.72. The van der Waals surface area contributed by atoms with Gasteiger partial charge in [0.05, 0.1) is 10.6 Å². The summed E-state index contributed by atoms with van der Waals surface area (Å²) >= 11 is 0. The molecule has 3 heterocycles. The highest BCUT2D eigenvalue weighted by Gasteiger charge is 2.43. The van der Waals surface area contributed by atoms with Crippen LogP contribution in [0.25, 0.3) is 39.4 Å². The van der Waals surface area contributed by atoms with E-state index in [4.69, 9.17) is 9.40 Å². The van der Waals surface area contributed by atoms with E-state index in [2.05, 4.69) is 14.5 Å². The van der Waals surface area contributed by atoms with E-state index in [-0.39, 0.29) is 51.2 Å². The molecule has 0 atom stereocenters. The molecule has 0 spiro atoms. The van der Waals surface area contributed by atoms with Crippen molar-refractivity contribution >= 4 is 9.84 Å². The SMILES string of the molecule is Cc1nc(C(F)(F)F)cn1-c1ccc(-c2cccc(S(C)(=O)=O)c2)cc1-c1nc(C(C)C)oc1-c1ccc2c(c1)OC(F)(F)O2. The van der Waals surface area contributed by atoms with Crippen LogP contribution in [0.1, 0.15) is 37.2 Å². The average Bonchev–Trinajstić information content (AvgIpc) is 3.65. The molecular weight excluding hydrogens is 621 g/mol. The Balaban J connectivity index is 1.61. The Labute approximate surface area is 254 Å². The number of oxazole rings is 1. The maximum absolute atomic E-state index is 13.8. The van der Waals surface area contributed by atoms with Crippen LogP contribution in [0.2, 0.25) is 0 Å². The molecular formula is C31H24F5N3O5S. The van der Waals surface area contributed by atoms with Crippen LogP contribution in [0.3, 0.4) is 0 Å². The van der Waals surface area contributed by atoms with Crippen LogP contribution in [-0.4, -0.2) is 35.5 Å². The molecule has 3 aromatic carbocycles. The molecule has 234 valence electrons. The first-order valence-corrected chi connectivity index (χ1v) is 15.4. The number of benzene rings is 3. The second-order valence-corrected chi connectivity index (χ2v) is 12.8. The summed E-state index contributed by atoms with van der Waals surface area (Å²) in [6, 6.07) is 15.1. The number of aromatic nitrogens is 3. The van der Waals surface area contributed by atoms with Crippen LogP contribution >= 0.6 is 0 Å². The molecule has 1 aliphatic heterocycles. The van der Waals surface area contributed by atoms with E-state index in [1.54, 1.807) is 30.3 Å². The zero-order valence-corrected chi connectivity index (χ0v) is 24.9. The minimum Gasteiger partial charge on any atom is -0.440 e. The molecule has 0 bridgehead atoms. The van der Waals surface area contributed by atoms with Gasteiger partial charge >= 0.3 is 12.5 Å². The van der Waals surface area contributed by atoms with E-state index in [1.807, 2.05) is 13.8 Å². The van der Waals surface area contributed by atoms with Crippen molar-refractivity contribution in [3.63, 3.8) is 0 Å². The van der Waals surface area contributed by atoms with E-state index in [9.17, 15) is 30.4 Å². The Morgan fingerprint density at radius 2 is 1.58 bits per heavy atom. The van der Waals surface area contributed by atoms with E-state index >= 15 is 0 Å². The highest BCUT2D eigenvalue weighted by molar-refractivity contribution is 7.90. The number of halogens is 5. The quantitative estimate of drug-likeness (QED) is 0.173. The van der Waals surface area contributed by atoms with Gasteiger partial charge in [-0.2, -0.15) is 13.2 Å². The summed E-state index contributed by atoms with van der Waals surface area (Å²) in [4.78, 5) is 8.48. The lowest BCUT2D eigenvalue weighted by atomic mass is 9.98. The van der Waals surface area contributed by atoms with Crippen LogP contribution in [0.15, 0.2) is 76.2 Å². The van der Waals surface area contributed by atoms with E-state index in [0.29, 0.717) is 22.3 Å². The number of ether oxygens (including phenoxy) is 2. The maximum atomic E-state index is 13.8. The number of alkyl halides is 5. The predicted octanol–water partition coefficient (Wildman–Crippen LogP) is 8.04. The Morgan fingerprint density at radius 3 is 2.24 bits per heavy atom. The Morgan fingerprint density at radius 1 is 0.889 bits per heavy atom. The number of sulfone groups is 1. The number of hydrogen-bond acceptors (Lipinski definition) is 7. The molecule has 0 saturated carbocycles. The number of nitrogens with zero attached hydrogens (tertiary/aromatic N) is 3. The third kappa shape index (κ3) is 5.77. The van der Waals surface area contributed by atoms with Crippen LogP contribution < -0.4 is 9.47 Å². The van der Waals surface area contributed by atoms with Crippen molar-refractivity contribution in [2.45, 2.75) is 44.1 Å². The maximum Gasteiger partial charge on any atom is 0.586 e. The second kappa shape index (κ2) is 10.4. The molecule has 45 heavy (non-hydrogen) atoms. The molecule has 6 rings (SSSR count). The van der Waals surface area contributed by atoms with E-state index < -0.39 is 28.0 Å². The monoisotopic (exact) mass is 645 g/mol. The lowest BCUT2D eigenvalue weighted by Crippen LogP contribution is -2.25. The molecule has 1 aliphatic rings. The lowest BCUT2D eigenvalue weighted by molar-refractivity contribution is -0.286. The zero-order valence-electron chi connectivity index (χ0n) is 24.1. The predicted molar refractivity (Wildman–Crippen MR) is 153 cm³/mol. The number of imidazole rings is 1. The summed E-state index contributed by atoms with van der Waals surface area (Å²) in [5.41, 5.74) is 0.994. The molecule has 0 aliphatic carbocycles. The number of rotatable bonds is 6. The molecule has 8 nitrogen and oxygen atoms in total. The standard InChI is InChI=1S/C31H24F5N3O5S/c1-16(2)29-38-27(28(42-29)20-9-11-24-25(14-20)44-31(35,36)43-24)22-13-19(18-6-5-7-21(12-18)45(4,40)41)8-10-23(22)39-15-26(30(32,33)34)37-17(39)3/h5-16H,1-4H3. The van der Waals surface area contributed by atoms with Crippen molar-refractivity contribution in [1.29, 1.82) is 0 Å². The summed E-state index contributed by atoms with van der Waals surface area (Å²) in [5, 5.41) is 0. The van der Waals surface area contributed by atoms with Gasteiger partial charge < -0.3 is 18.5 Å². The molecule has 14 heteroatoms. The van der Waals surface area contributed by atoms with Crippen LogP contribution in [0.5, 0.6) is 11.5 Å². The smallest absolute Gasteiger partial charge is 0.440 e. The fourth-order valence-corrected chi connectivity index (χ4v) is 5.59. The number of fused-ring (bicyclic) bond motifs is 1. The highest BCUT2D eigenvalue weighted by Crippen LogP contribution is 2.46. The minimum absolute atomic E-state index is 0.0369. The highest BCUT2D eigenvalue weighted by atomic mass is 32.2. The minimum atomic E-state index is -4.71. The fourth-order valence-electron chi connectivity index (χ4n) is 4.93. The van der Waals surface area contributed by atoms with Gasteiger partial charge in [0.1, 0.15) is 11.5 Å². The van der Waals surface area contributed by atoms with Crippen LogP contribution in [0, 0.1) is 6.92 Å². The summed E-state index contributed by atoms with van der Waals surface area (Å²) in [5.74, 6) is -0.210. The molecule has 0 saturated heterocycles. The van der Waals surface area contributed by atoms with Gasteiger partial charge in [-0.3, -0.25) is 0 Å². The third-order valence-corrected chi connectivity index (χ3v) is 8.19. The van der Waals surface area contributed by atoms with Gasteiger partial charge in [-0.15, -0.1) is 8.78 Å². The number of aryl methyl sites for hydroxylation is 1. The van der Waals surface area contributed by atoms with Gasteiger partial charge in [0.15, 0.2) is 38.7 Å². The van der Waals surface area contributed by atoms with E-state index in [0.717, 1.165) is 12.5 Å². The largest absolute Gasteiger partial charge is 0.586 e. The van der Waals surface area contributed by atoms with Gasteiger partial charge in [-0.05, 0) is 60.5 Å². The van der Waals surface area contributed by atoms with Crippen molar-refractivity contribution in [3.8, 4) is 50.9 Å². The summed E-state index contributed by atoms with van der Waals surface area (Å²) in [6.07, 6.45) is -6.62. The molecule has 0 amide bonds. The van der Waals surface area contributed by atoms with Gasteiger partial charge in [-0.1, -0.05) is 32.0 Å². The van der Waals surface area contributed by atoms with Gasteiger partial charge in [0.2, 0.25) is 0 Å². The second-order valence-electron chi connectivity index (χ2n) is 10.8. The van der Waals surface area contributed by atoms with E-state index in [1.165, 1.54) is 41.8 Å². The molecule has 0 fully saturated rings. The fraction of sp³-hybridized carbons (Fsp3) is 0.226. The molecule has 5 aromatic rings. The summed E-state index contributed by atoms with van der Waals surface area (Å²) in [7, 11) is -3.55. The molecule has 0 N–H and O–H groups in total. The number of hydrogen-bond donors (Lipinski definition) is 0. The van der Waals surface area contributed by atoms with Crippen molar-refractivity contribution < 1.29 is 44.3 Å². The molecule has 0 radical (unpaired) electrons. The first-order valence-electron chi connectivity index (χ1n) is 13.5. The summed E-state index contributed by atoms with van der Waals surface area (Å²) in [6.45, 7) is 5.07.